The Morgan fingerprint density at radius 3 is 0.885 bits per heavy atom. The normalized spacial score (nSPS) is 12.1. The predicted molar refractivity (Wildman–Crippen MR) is 261 cm³/mol. The van der Waals surface area contributed by atoms with Crippen molar-refractivity contribution in [3.63, 3.8) is 0 Å². The molecule has 0 heterocycles. The van der Waals surface area contributed by atoms with Crippen LogP contribution in [0, 0.1) is 0 Å². The van der Waals surface area contributed by atoms with Crippen LogP contribution in [0.15, 0.2) is 24.3 Å². The van der Waals surface area contributed by atoms with Gasteiger partial charge in [0.05, 0.1) is 0 Å². The highest BCUT2D eigenvalue weighted by atomic mass is 16.6. The molecule has 0 aliphatic heterocycles. The monoisotopic (exact) mass is 859 g/mol. The molecule has 0 rings (SSSR count). The Hall–Kier alpha value is -2.11. The lowest BCUT2D eigenvalue weighted by Crippen LogP contribution is -2.30. The molecule has 0 fully saturated rings. The van der Waals surface area contributed by atoms with Gasteiger partial charge in [0.1, 0.15) is 13.2 Å². The molecule has 0 aliphatic carbocycles. The molecule has 0 amide bonds. The number of carbonyl (C=O) groups is 3. The van der Waals surface area contributed by atoms with Crippen molar-refractivity contribution < 1.29 is 28.6 Å². The summed E-state index contributed by atoms with van der Waals surface area (Å²) in [5.74, 6) is -0.879. The van der Waals surface area contributed by atoms with Gasteiger partial charge in [-0.05, 0) is 64.2 Å². The summed E-state index contributed by atoms with van der Waals surface area (Å²) in [6, 6.07) is 0. The zero-order valence-corrected chi connectivity index (χ0v) is 40.9. The first-order valence-electron chi connectivity index (χ1n) is 26.8. The SMILES string of the molecule is CCCC/C=C\CCCCCCCC(=O)OCC(COC(=O)CCCCCCCCCCCCCCCCCCCCC)OC(=O)CCCCCCC/C=C\CCCCCC. The summed E-state index contributed by atoms with van der Waals surface area (Å²) < 4.78 is 16.8. The quantitative estimate of drug-likeness (QED) is 0.0262. The maximum absolute atomic E-state index is 12.8. The molecular weight excluding hydrogens is 757 g/mol. The molecule has 0 saturated heterocycles. The Morgan fingerprint density at radius 1 is 0.311 bits per heavy atom. The topological polar surface area (TPSA) is 78.9 Å². The molecule has 0 saturated carbocycles. The molecule has 6 nitrogen and oxygen atoms in total. The predicted octanol–water partition coefficient (Wildman–Crippen LogP) is 17.5. The molecule has 358 valence electrons. The molecule has 0 aromatic rings. The lowest BCUT2D eigenvalue weighted by atomic mass is 10.0. The maximum Gasteiger partial charge on any atom is 0.306 e. The fourth-order valence-electron chi connectivity index (χ4n) is 7.83. The second-order valence-electron chi connectivity index (χ2n) is 18.1. The van der Waals surface area contributed by atoms with Crippen molar-refractivity contribution in [1.29, 1.82) is 0 Å². The number of allylic oxidation sites excluding steroid dienone is 4. The van der Waals surface area contributed by atoms with E-state index in [0.717, 1.165) is 70.6 Å². The van der Waals surface area contributed by atoms with Crippen molar-refractivity contribution in [2.45, 2.75) is 297 Å². The zero-order valence-electron chi connectivity index (χ0n) is 40.9. The van der Waals surface area contributed by atoms with Gasteiger partial charge in [-0.3, -0.25) is 14.4 Å². The second-order valence-corrected chi connectivity index (χ2v) is 18.1. The summed E-state index contributed by atoms with van der Waals surface area (Å²) in [4.78, 5) is 37.9. The van der Waals surface area contributed by atoms with Gasteiger partial charge in [-0.25, -0.2) is 0 Å². The largest absolute Gasteiger partial charge is 0.462 e. The van der Waals surface area contributed by atoms with Gasteiger partial charge < -0.3 is 14.2 Å². The molecule has 61 heavy (non-hydrogen) atoms. The van der Waals surface area contributed by atoms with E-state index >= 15 is 0 Å². The first-order chi connectivity index (χ1) is 30.0. The van der Waals surface area contributed by atoms with E-state index in [1.54, 1.807) is 0 Å². The molecule has 0 aromatic carbocycles. The molecule has 0 aromatic heterocycles. The van der Waals surface area contributed by atoms with E-state index < -0.39 is 6.10 Å². The molecule has 1 atom stereocenters. The summed E-state index contributed by atoms with van der Waals surface area (Å²) >= 11 is 0. The van der Waals surface area contributed by atoms with Crippen LogP contribution in [-0.2, 0) is 28.6 Å². The van der Waals surface area contributed by atoms with Gasteiger partial charge in [-0.15, -0.1) is 0 Å². The number of hydrogen-bond acceptors (Lipinski definition) is 6. The van der Waals surface area contributed by atoms with Crippen molar-refractivity contribution in [3.05, 3.63) is 24.3 Å². The van der Waals surface area contributed by atoms with E-state index in [1.165, 1.54) is 180 Å². The van der Waals surface area contributed by atoms with Crippen LogP contribution >= 0.6 is 0 Å². The van der Waals surface area contributed by atoms with E-state index in [0.29, 0.717) is 19.3 Å². The van der Waals surface area contributed by atoms with Crippen molar-refractivity contribution in [1.82, 2.24) is 0 Å². The molecule has 0 N–H and O–H groups in total. The smallest absolute Gasteiger partial charge is 0.306 e. The molecule has 0 aliphatic rings. The van der Waals surface area contributed by atoms with Gasteiger partial charge in [0.15, 0.2) is 6.10 Å². The van der Waals surface area contributed by atoms with E-state index in [4.69, 9.17) is 14.2 Å². The fraction of sp³-hybridized carbons (Fsp3) is 0.873. The molecule has 0 radical (unpaired) electrons. The van der Waals surface area contributed by atoms with Crippen LogP contribution in [0.4, 0.5) is 0 Å². The average molecular weight is 859 g/mol. The number of rotatable bonds is 49. The van der Waals surface area contributed by atoms with E-state index in [2.05, 4.69) is 45.1 Å². The third kappa shape index (κ3) is 48.8. The van der Waals surface area contributed by atoms with Crippen LogP contribution in [0.2, 0.25) is 0 Å². The van der Waals surface area contributed by atoms with Crippen LogP contribution in [-0.4, -0.2) is 37.2 Å². The fourth-order valence-corrected chi connectivity index (χ4v) is 7.83. The molecule has 6 heteroatoms. The van der Waals surface area contributed by atoms with Crippen molar-refractivity contribution >= 4 is 17.9 Å². The number of carbonyl (C=O) groups excluding carboxylic acids is 3. The number of esters is 3. The second kappa shape index (κ2) is 50.5. The molecular formula is C55H102O6. The minimum atomic E-state index is -0.773. The summed E-state index contributed by atoms with van der Waals surface area (Å²) in [5, 5.41) is 0. The van der Waals surface area contributed by atoms with Gasteiger partial charge in [0.2, 0.25) is 0 Å². The lowest BCUT2D eigenvalue weighted by molar-refractivity contribution is -0.167. The first-order valence-corrected chi connectivity index (χ1v) is 26.8. The van der Waals surface area contributed by atoms with E-state index in [1.807, 2.05) is 0 Å². The highest BCUT2D eigenvalue weighted by Gasteiger charge is 2.19. The molecule has 0 bridgehead atoms. The summed E-state index contributed by atoms with van der Waals surface area (Å²) in [6.45, 7) is 6.60. The third-order valence-electron chi connectivity index (χ3n) is 11.9. The zero-order chi connectivity index (χ0) is 44.4. The van der Waals surface area contributed by atoms with Gasteiger partial charge in [0.25, 0.3) is 0 Å². The third-order valence-corrected chi connectivity index (χ3v) is 11.9. The molecule has 1 unspecified atom stereocenters. The minimum absolute atomic E-state index is 0.0734. The Bertz CT molecular complexity index is 989. The standard InChI is InChI=1S/C55H102O6/c1-4-7-10-13-16-19-22-24-25-26-27-28-29-31-33-36-39-42-45-48-54(57)60-51-52(50-59-53(56)47-44-41-38-35-32-21-18-15-12-9-6-3)61-55(58)49-46-43-40-37-34-30-23-20-17-14-11-8-5-2/h15,18,20,23,52H,4-14,16-17,19,21-22,24-51H2,1-3H3/b18-15-,23-20-. The Kier molecular flexibility index (Phi) is 48.8. The van der Waals surface area contributed by atoms with Crippen LogP contribution in [0.1, 0.15) is 290 Å². The van der Waals surface area contributed by atoms with Crippen molar-refractivity contribution in [2.24, 2.45) is 0 Å². The minimum Gasteiger partial charge on any atom is -0.462 e. The lowest BCUT2D eigenvalue weighted by Gasteiger charge is -2.18. The Balaban J connectivity index is 4.28. The number of hydrogen-bond donors (Lipinski definition) is 0. The van der Waals surface area contributed by atoms with Gasteiger partial charge in [0, 0.05) is 19.3 Å². The highest BCUT2D eigenvalue weighted by molar-refractivity contribution is 5.71. The van der Waals surface area contributed by atoms with Gasteiger partial charge in [-0.1, -0.05) is 231 Å². The van der Waals surface area contributed by atoms with Crippen LogP contribution in [0.25, 0.3) is 0 Å². The average Bonchev–Trinajstić information content (AvgIpc) is 3.26. The van der Waals surface area contributed by atoms with Crippen molar-refractivity contribution in [2.75, 3.05) is 13.2 Å². The van der Waals surface area contributed by atoms with Crippen LogP contribution in [0.5, 0.6) is 0 Å². The number of unbranched alkanes of at least 4 members (excludes halogenated alkanes) is 34. The maximum atomic E-state index is 12.8. The van der Waals surface area contributed by atoms with Gasteiger partial charge >= 0.3 is 17.9 Å². The van der Waals surface area contributed by atoms with E-state index in [-0.39, 0.29) is 31.1 Å². The van der Waals surface area contributed by atoms with Crippen LogP contribution in [0.3, 0.4) is 0 Å². The van der Waals surface area contributed by atoms with Crippen LogP contribution < -0.4 is 0 Å². The highest BCUT2D eigenvalue weighted by Crippen LogP contribution is 2.16. The first kappa shape index (κ1) is 58.9. The van der Waals surface area contributed by atoms with Crippen molar-refractivity contribution in [3.8, 4) is 0 Å². The van der Waals surface area contributed by atoms with E-state index in [9.17, 15) is 14.4 Å². The van der Waals surface area contributed by atoms with Gasteiger partial charge in [-0.2, -0.15) is 0 Å². The Labute approximate surface area is 379 Å². The summed E-state index contributed by atoms with van der Waals surface area (Å²) in [5.41, 5.74) is 0. The molecule has 0 spiro atoms. The Morgan fingerprint density at radius 2 is 0.557 bits per heavy atom. The summed E-state index contributed by atoms with van der Waals surface area (Å²) in [6.07, 6.45) is 57.4. The summed E-state index contributed by atoms with van der Waals surface area (Å²) in [7, 11) is 0. The number of ether oxygens (including phenoxy) is 3.